The lowest BCUT2D eigenvalue weighted by Gasteiger charge is -2.11. The monoisotopic (exact) mass is 312 g/mol. The molecule has 0 aliphatic heterocycles. The molecule has 2 heteroatoms. The van der Waals surface area contributed by atoms with Crippen LogP contribution in [-0.4, -0.2) is 11.7 Å². The Morgan fingerprint density at radius 3 is 2.58 bits per heavy atom. The van der Waals surface area contributed by atoms with Crippen LogP contribution in [0.2, 0.25) is 0 Å². The van der Waals surface area contributed by atoms with Crippen LogP contribution in [0.25, 0.3) is 28.5 Å². The molecule has 24 heavy (non-hydrogen) atoms. The number of hydrogen-bond acceptors (Lipinski definition) is 2. The van der Waals surface area contributed by atoms with Crippen molar-refractivity contribution in [3.63, 3.8) is 0 Å². The van der Waals surface area contributed by atoms with Gasteiger partial charge in [-0.05, 0) is 55.5 Å². The highest BCUT2D eigenvalue weighted by Gasteiger charge is 2.09. The van der Waals surface area contributed by atoms with Gasteiger partial charge in [-0.15, -0.1) is 0 Å². The lowest BCUT2D eigenvalue weighted by Crippen LogP contribution is -1.91. The van der Waals surface area contributed by atoms with Crippen LogP contribution in [0, 0.1) is 13.8 Å². The van der Waals surface area contributed by atoms with Gasteiger partial charge in [0.05, 0.1) is 5.69 Å². The normalized spacial score (nSPS) is 10.9. The first-order valence-corrected chi connectivity index (χ1v) is 7.94. The van der Waals surface area contributed by atoms with E-state index in [-0.39, 0.29) is 0 Å². The topological polar surface area (TPSA) is 25.2 Å². The minimum absolute atomic E-state index is 1.01. The quantitative estimate of drug-likeness (QED) is 0.567. The second-order valence-electron chi connectivity index (χ2n) is 5.84. The molecule has 3 aromatic rings. The van der Waals surface area contributed by atoms with Crippen molar-refractivity contribution in [1.29, 1.82) is 0 Å². The van der Waals surface area contributed by atoms with Crippen molar-refractivity contribution in [3.8, 4) is 22.4 Å². The van der Waals surface area contributed by atoms with Crippen LogP contribution in [0.15, 0.2) is 72.0 Å². The summed E-state index contributed by atoms with van der Waals surface area (Å²) >= 11 is 0. The van der Waals surface area contributed by atoms with Gasteiger partial charge in [-0.25, -0.2) is 0 Å². The molecule has 2 nitrogen and oxygen atoms in total. The van der Waals surface area contributed by atoms with E-state index >= 15 is 0 Å². The maximum Gasteiger partial charge on any atom is 0.0780 e. The zero-order chi connectivity index (χ0) is 16.9. The predicted octanol–water partition coefficient (Wildman–Crippen LogP) is 5.70. The Hall–Kier alpha value is -3.00. The SMILES string of the molecule is C=N/C=C\c1ccc(-c2cccnc2-c2cccc(C)c2)cc1C. The van der Waals surface area contributed by atoms with E-state index in [0.29, 0.717) is 0 Å². The van der Waals surface area contributed by atoms with Crippen LogP contribution >= 0.6 is 0 Å². The number of hydrogen-bond donors (Lipinski definition) is 0. The molecule has 0 aliphatic rings. The van der Waals surface area contributed by atoms with Crippen LogP contribution in [0.3, 0.4) is 0 Å². The number of rotatable bonds is 4. The third-order valence-corrected chi connectivity index (χ3v) is 4.04. The largest absolute Gasteiger partial charge is 0.272 e. The maximum atomic E-state index is 4.63. The van der Waals surface area contributed by atoms with Crippen molar-refractivity contribution >= 4 is 12.8 Å². The Balaban J connectivity index is 2.09. The summed E-state index contributed by atoms with van der Waals surface area (Å²) in [6.07, 6.45) is 5.53. The zero-order valence-electron chi connectivity index (χ0n) is 14.0. The highest BCUT2D eigenvalue weighted by Crippen LogP contribution is 2.31. The summed E-state index contributed by atoms with van der Waals surface area (Å²) in [5.41, 5.74) is 8.04. The molecule has 0 fully saturated rings. The maximum absolute atomic E-state index is 4.63. The van der Waals surface area contributed by atoms with E-state index in [9.17, 15) is 0 Å². The molecular formula is C22H20N2. The molecule has 0 radical (unpaired) electrons. The molecule has 0 aliphatic carbocycles. The van der Waals surface area contributed by atoms with Gasteiger partial charge >= 0.3 is 0 Å². The standard InChI is InChI=1S/C22H20N2/c1-16-6-4-7-20(14-16)22-21(8-5-12-24-22)19-10-9-18(11-13-23-3)17(2)15-19/h4-15H,3H2,1-2H3/b13-11-. The first-order valence-electron chi connectivity index (χ1n) is 7.94. The van der Waals surface area contributed by atoms with Gasteiger partial charge in [0.1, 0.15) is 0 Å². The van der Waals surface area contributed by atoms with Crippen molar-refractivity contribution in [2.45, 2.75) is 13.8 Å². The van der Waals surface area contributed by atoms with Gasteiger partial charge in [0.15, 0.2) is 0 Å². The second kappa shape index (κ2) is 7.05. The highest BCUT2D eigenvalue weighted by molar-refractivity contribution is 5.81. The first kappa shape index (κ1) is 15.9. The summed E-state index contributed by atoms with van der Waals surface area (Å²) in [4.78, 5) is 8.40. The fourth-order valence-electron chi connectivity index (χ4n) is 2.82. The summed E-state index contributed by atoms with van der Waals surface area (Å²) in [6, 6.07) is 19.0. The Labute approximate surface area is 143 Å². The molecule has 118 valence electrons. The van der Waals surface area contributed by atoms with Crippen LogP contribution in [0.5, 0.6) is 0 Å². The number of aryl methyl sites for hydroxylation is 2. The summed E-state index contributed by atoms with van der Waals surface area (Å²) in [5.74, 6) is 0. The highest BCUT2D eigenvalue weighted by atomic mass is 14.7. The van der Waals surface area contributed by atoms with Crippen LogP contribution in [0.1, 0.15) is 16.7 Å². The van der Waals surface area contributed by atoms with Crippen molar-refractivity contribution in [1.82, 2.24) is 4.98 Å². The molecule has 0 unspecified atom stereocenters. The molecule has 0 saturated heterocycles. The van der Waals surface area contributed by atoms with Crippen molar-refractivity contribution in [3.05, 3.63) is 83.7 Å². The average Bonchev–Trinajstić information content (AvgIpc) is 2.61. The van der Waals surface area contributed by atoms with Gasteiger partial charge in [-0.3, -0.25) is 9.98 Å². The van der Waals surface area contributed by atoms with Gasteiger partial charge in [0, 0.05) is 23.5 Å². The van der Waals surface area contributed by atoms with E-state index in [1.165, 1.54) is 16.7 Å². The molecule has 0 amide bonds. The Kier molecular flexibility index (Phi) is 4.66. The van der Waals surface area contributed by atoms with Crippen LogP contribution < -0.4 is 0 Å². The van der Waals surface area contributed by atoms with Crippen molar-refractivity contribution in [2.75, 3.05) is 0 Å². The molecule has 0 spiro atoms. The van der Waals surface area contributed by atoms with E-state index in [1.54, 1.807) is 6.20 Å². The van der Waals surface area contributed by atoms with Gasteiger partial charge in [-0.2, -0.15) is 0 Å². The third kappa shape index (κ3) is 3.33. The summed E-state index contributed by atoms with van der Waals surface area (Å²) in [6.45, 7) is 7.69. The molecule has 3 rings (SSSR count). The third-order valence-electron chi connectivity index (χ3n) is 4.04. The molecule has 2 aromatic carbocycles. The Morgan fingerprint density at radius 2 is 1.83 bits per heavy atom. The van der Waals surface area contributed by atoms with Gasteiger partial charge in [-0.1, -0.05) is 48.0 Å². The minimum atomic E-state index is 1.01. The lowest BCUT2D eigenvalue weighted by atomic mass is 9.95. The molecular weight excluding hydrogens is 292 g/mol. The summed E-state index contributed by atoms with van der Waals surface area (Å²) in [5, 5.41) is 0. The van der Waals surface area contributed by atoms with Crippen LogP contribution in [0.4, 0.5) is 0 Å². The van der Waals surface area contributed by atoms with E-state index in [2.05, 4.69) is 79.1 Å². The van der Waals surface area contributed by atoms with Crippen LogP contribution in [-0.2, 0) is 0 Å². The Bertz CT molecular complexity index is 907. The van der Waals surface area contributed by atoms with Gasteiger partial charge in [0.2, 0.25) is 0 Å². The van der Waals surface area contributed by atoms with E-state index in [4.69, 9.17) is 0 Å². The summed E-state index contributed by atoms with van der Waals surface area (Å²) < 4.78 is 0. The van der Waals surface area contributed by atoms with E-state index < -0.39 is 0 Å². The van der Waals surface area contributed by atoms with Crippen molar-refractivity contribution in [2.24, 2.45) is 4.99 Å². The number of benzene rings is 2. The van der Waals surface area contributed by atoms with E-state index in [1.807, 2.05) is 18.3 Å². The molecule has 1 aromatic heterocycles. The molecule has 0 atom stereocenters. The minimum Gasteiger partial charge on any atom is -0.272 e. The molecule has 0 N–H and O–H groups in total. The van der Waals surface area contributed by atoms with Gasteiger partial charge < -0.3 is 0 Å². The smallest absolute Gasteiger partial charge is 0.0780 e. The molecule has 0 bridgehead atoms. The Morgan fingerprint density at radius 1 is 0.958 bits per heavy atom. The van der Waals surface area contributed by atoms with Crippen molar-refractivity contribution < 1.29 is 0 Å². The number of nitrogens with zero attached hydrogens (tertiary/aromatic N) is 2. The molecule has 0 saturated carbocycles. The summed E-state index contributed by atoms with van der Waals surface area (Å²) in [7, 11) is 0. The number of pyridine rings is 1. The second-order valence-corrected chi connectivity index (χ2v) is 5.84. The first-order chi connectivity index (χ1) is 11.7. The van der Waals surface area contributed by atoms with E-state index in [0.717, 1.165) is 22.4 Å². The lowest BCUT2D eigenvalue weighted by molar-refractivity contribution is 1.31. The number of aliphatic imine (C=N–C) groups is 1. The number of aromatic nitrogens is 1. The average molecular weight is 312 g/mol. The van der Waals surface area contributed by atoms with Gasteiger partial charge in [0.25, 0.3) is 0 Å². The predicted molar refractivity (Wildman–Crippen MR) is 103 cm³/mol. The fourth-order valence-corrected chi connectivity index (χ4v) is 2.82. The fraction of sp³-hybridized carbons (Fsp3) is 0.0909. The zero-order valence-corrected chi connectivity index (χ0v) is 14.0. The molecule has 1 heterocycles.